The lowest BCUT2D eigenvalue weighted by Gasteiger charge is -2.16. The van der Waals surface area contributed by atoms with Crippen LogP contribution < -0.4 is 15.4 Å². The maximum atomic E-state index is 12.2. The van der Waals surface area contributed by atoms with Crippen molar-refractivity contribution in [3.63, 3.8) is 0 Å². The van der Waals surface area contributed by atoms with Crippen LogP contribution in [0.3, 0.4) is 0 Å². The number of guanidine groups is 1. The molecule has 0 fully saturated rings. The lowest BCUT2D eigenvalue weighted by Crippen LogP contribution is -2.39. The first kappa shape index (κ1) is 22.2. The van der Waals surface area contributed by atoms with Gasteiger partial charge in [0.1, 0.15) is 5.75 Å². The molecule has 164 valence electrons. The van der Waals surface area contributed by atoms with E-state index in [1.165, 1.54) is 12.1 Å². The molecule has 1 atom stereocenters. The van der Waals surface area contributed by atoms with Gasteiger partial charge in [0, 0.05) is 31.7 Å². The van der Waals surface area contributed by atoms with Crippen LogP contribution in [0, 0.1) is 0 Å². The number of aromatic nitrogens is 3. The smallest absolute Gasteiger partial charge is 0.387 e. The number of pyridine rings is 1. The zero-order chi connectivity index (χ0) is 22.1. The molecule has 0 radical (unpaired) electrons. The summed E-state index contributed by atoms with van der Waals surface area (Å²) >= 11 is 0. The number of benzene rings is 1. The Balaban J connectivity index is 1.59. The average Bonchev–Trinajstić information content (AvgIpc) is 3.31. The van der Waals surface area contributed by atoms with Crippen molar-refractivity contribution < 1.29 is 18.6 Å². The number of rotatable bonds is 9. The molecule has 0 aliphatic heterocycles. The summed E-state index contributed by atoms with van der Waals surface area (Å²) in [4.78, 5) is 8.84. The van der Waals surface area contributed by atoms with Crippen molar-refractivity contribution in [1.82, 2.24) is 25.4 Å². The molecule has 0 spiro atoms. The van der Waals surface area contributed by atoms with E-state index < -0.39 is 12.7 Å². The predicted octanol–water partition coefficient (Wildman–Crippen LogP) is 2.66. The number of alkyl halides is 2. The molecular formula is C21H24F2N6O2. The van der Waals surface area contributed by atoms with Crippen LogP contribution in [0.4, 0.5) is 8.78 Å². The SMILES string of the molecule is CCNC(=NCc1ccnc(-n2cccn2)c1)NCC(O)c1ccc(OC(F)F)cc1. The molecule has 0 aliphatic rings. The molecule has 0 saturated heterocycles. The number of aliphatic hydroxyl groups excluding tert-OH is 1. The zero-order valence-electron chi connectivity index (χ0n) is 16.9. The molecule has 0 bridgehead atoms. The van der Waals surface area contributed by atoms with Crippen LogP contribution in [0.15, 0.2) is 66.0 Å². The Bertz CT molecular complexity index is 964. The van der Waals surface area contributed by atoms with Crippen LogP contribution in [0.1, 0.15) is 24.2 Å². The monoisotopic (exact) mass is 430 g/mol. The molecule has 3 rings (SSSR count). The van der Waals surface area contributed by atoms with Gasteiger partial charge < -0.3 is 20.5 Å². The van der Waals surface area contributed by atoms with E-state index in [1.54, 1.807) is 29.2 Å². The molecule has 10 heteroatoms. The first-order chi connectivity index (χ1) is 15.0. The maximum absolute atomic E-state index is 12.2. The van der Waals surface area contributed by atoms with E-state index in [1.807, 2.05) is 31.3 Å². The number of aliphatic imine (C=N–C) groups is 1. The number of halogens is 2. The predicted molar refractivity (Wildman–Crippen MR) is 112 cm³/mol. The van der Waals surface area contributed by atoms with Crippen LogP contribution in [-0.4, -0.2) is 45.5 Å². The summed E-state index contributed by atoms with van der Waals surface area (Å²) in [6.45, 7) is 0.304. The van der Waals surface area contributed by atoms with Crippen molar-refractivity contribution in [2.75, 3.05) is 13.1 Å². The van der Waals surface area contributed by atoms with Crippen LogP contribution >= 0.6 is 0 Å². The quantitative estimate of drug-likeness (QED) is 0.357. The normalized spacial score (nSPS) is 12.6. The molecule has 2 heterocycles. The van der Waals surface area contributed by atoms with Gasteiger partial charge in [0.05, 0.1) is 12.6 Å². The summed E-state index contributed by atoms with van der Waals surface area (Å²) in [6, 6.07) is 11.5. The van der Waals surface area contributed by atoms with E-state index >= 15 is 0 Å². The van der Waals surface area contributed by atoms with Crippen LogP contribution in [0.2, 0.25) is 0 Å². The van der Waals surface area contributed by atoms with Crippen LogP contribution in [0.5, 0.6) is 5.75 Å². The second-order valence-corrected chi connectivity index (χ2v) is 6.51. The Kier molecular flexibility index (Phi) is 7.88. The molecule has 8 nitrogen and oxygen atoms in total. The fraction of sp³-hybridized carbons (Fsp3) is 0.286. The van der Waals surface area contributed by atoms with Crippen molar-refractivity contribution >= 4 is 5.96 Å². The molecule has 0 aliphatic carbocycles. The Morgan fingerprint density at radius 2 is 2.00 bits per heavy atom. The van der Waals surface area contributed by atoms with E-state index in [4.69, 9.17) is 0 Å². The number of hydrogen-bond donors (Lipinski definition) is 3. The second kappa shape index (κ2) is 11.0. The third kappa shape index (κ3) is 6.75. The van der Waals surface area contributed by atoms with Crippen LogP contribution in [-0.2, 0) is 6.54 Å². The summed E-state index contributed by atoms with van der Waals surface area (Å²) < 4.78 is 30.5. The van der Waals surface area contributed by atoms with Gasteiger partial charge in [-0.15, -0.1) is 0 Å². The van der Waals surface area contributed by atoms with Gasteiger partial charge in [-0.1, -0.05) is 12.1 Å². The van der Waals surface area contributed by atoms with Gasteiger partial charge in [-0.05, 0) is 48.4 Å². The van der Waals surface area contributed by atoms with Crippen LogP contribution in [0.25, 0.3) is 5.82 Å². The Morgan fingerprint density at radius 1 is 1.19 bits per heavy atom. The fourth-order valence-corrected chi connectivity index (χ4v) is 2.78. The van der Waals surface area contributed by atoms with Gasteiger partial charge >= 0.3 is 6.61 Å². The molecular weight excluding hydrogens is 406 g/mol. The standard InChI is InChI=1S/C21H24F2N6O2/c1-2-24-21(26-13-15-8-10-25-19(12-15)29-11-3-9-28-29)27-14-18(30)16-4-6-17(7-5-16)31-20(22)23/h3-12,18,20,30H,2,13-14H2,1H3,(H2,24,26,27). The summed E-state index contributed by atoms with van der Waals surface area (Å²) in [5.41, 5.74) is 1.52. The van der Waals surface area contributed by atoms with Gasteiger partial charge in [0.15, 0.2) is 11.8 Å². The molecule has 1 unspecified atom stereocenters. The number of nitrogens with zero attached hydrogens (tertiary/aromatic N) is 4. The molecule has 31 heavy (non-hydrogen) atoms. The third-order valence-corrected chi connectivity index (χ3v) is 4.27. The van der Waals surface area contributed by atoms with Crippen molar-refractivity contribution in [3.8, 4) is 11.6 Å². The second-order valence-electron chi connectivity index (χ2n) is 6.51. The van der Waals surface area contributed by atoms with Crippen molar-refractivity contribution in [2.24, 2.45) is 4.99 Å². The highest BCUT2D eigenvalue weighted by Crippen LogP contribution is 2.19. The lowest BCUT2D eigenvalue weighted by molar-refractivity contribution is -0.0498. The number of ether oxygens (including phenoxy) is 1. The summed E-state index contributed by atoms with van der Waals surface area (Å²) in [5, 5.41) is 20.8. The molecule has 0 amide bonds. The topological polar surface area (TPSA) is 96.6 Å². The van der Waals surface area contributed by atoms with E-state index in [-0.39, 0.29) is 12.3 Å². The minimum atomic E-state index is -2.88. The first-order valence-corrected chi connectivity index (χ1v) is 9.75. The summed E-state index contributed by atoms with van der Waals surface area (Å²) in [6.07, 6.45) is 4.35. The van der Waals surface area contributed by atoms with E-state index in [0.29, 0.717) is 30.4 Å². The third-order valence-electron chi connectivity index (χ3n) is 4.27. The molecule has 0 saturated carbocycles. The number of hydrogen-bond acceptors (Lipinski definition) is 5. The van der Waals surface area contributed by atoms with Crippen molar-refractivity contribution in [3.05, 3.63) is 72.2 Å². The highest BCUT2D eigenvalue weighted by Gasteiger charge is 2.10. The largest absolute Gasteiger partial charge is 0.435 e. The van der Waals surface area contributed by atoms with E-state index in [2.05, 4.69) is 30.4 Å². The van der Waals surface area contributed by atoms with Gasteiger partial charge in [0.25, 0.3) is 0 Å². The number of nitrogens with one attached hydrogen (secondary N) is 2. The summed E-state index contributed by atoms with van der Waals surface area (Å²) in [7, 11) is 0. The van der Waals surface area contributed by atoms with Gasteiger partial charge in [-0.2, -0.15) is 13.9 Å². The molecule has 1 aromatic carbocycles. The molecule has 3 N–H and O–H groups in total. The Morgan fingerprint density at radius 3 is 2.68 bits per heavy atom. The van der Waals surface area contributed by atoms with Crippen molar-refractivity contribution in [2.45, 2.75) is 26.2 Å². The summed E-state index contributed by atoms with van der Waals surface area (Å²) in [5.74, 6) is 1.28. The lowest BCUT2D eigenvalue weighted by atomic mass is 10.1. The Hall–Kier alpha value is -3.53. The van der Waals surface area contributed by atoms with E-state index in [0.717, 1.165) is 5.56 Å². The van der Waals surface area contributed by atoms with Gasteiger partial charge in [0.2, 0.25) is 0 Å². The minimum absolute atomic E-state index is 0.0423. The average molecular weight is 430 g/mol. The molecule has 3 aromatic rings. The molecule has 2 aromatic heterocycles. The van der Waals surface area contributed by atoms with Gasteiger partial charge in [-0.25, -0.2) is 14.7 Å². The minimum Gasteiger partial charge on any atom is -0.435 e. The Labute approximate surface area is 178 Å². The fourth-order valence-electron chi connectivity index (χ4n) is 2.78. The first-order valence-electron chi connectivity index (χ1n) is 9.75. The highest BCUT2D eigenvalue weighted by molar-refractivity contribution is 5.79. The van der Waals surface area contributed by atoms with E-state index in [9.17, 15) is 13.9 Å². The van der Waals surface area contributed by atoms with Gasteiger partial charge in [-0.3, -0.25) is 0 Å². The number of aliphatic hydroxyl groups is 1. The van der Waals surface area contributed by atoms with Crippen molar-refractivity contribution in [1.29, 1.82) is 0 Å². The maximum Gasteiger partial charge on any atom is 0.387 e. The highest BCUT2D eigenvalue weighted by atomic mass is 19.3. The zero-order valence-corrected chi connectivity index (χ0v) is 16.9.